The van der Waals surface area contributed by atoms with E-state index >= 15 is 0 Å². The molecule has 0 saturated carbocycles. The van der Waals surface area contributed by atoms with Gasteiger partial charge < -0.3 is 38.5 Å². The number of hydrogen-bond acceptors (Lipinski definition) is 9. The summed E-state index contributed by atoms with van der Waals surface area (Å²) < 4.78 is 38.4. The average Bonchev–Trinajstić information content (AvgIpc) is 3.04. The summed E-state index contributed by atoms with van der Waals surface area (Å²) in [6.07, 6.45) is 5.15. The number of aryl methyl sites for hydroxylation is 2. The molecule has 0 radical (unpaired) electrons. The smallest absolute Gasteiger partial charge is 0.331 e. The molecule has 0 aliphatic heterocycles. The third kappa shape index (κ3) is 8.72. The van der Waals surface area contributed by atoms with Gasteiger partial charge in [0.05, 0.1) is 49.2 Å². The third-order valence-corrected chi connectivity index (χ3v) is 7.17. The van der Waals surface area contributed by atoms with Crippen LogP contribution >= 0.6 is 0 Å². The van der Waals surface area contributed by atoms with E-state index in [1.807, 2.05) is 32.9 Å². The number of benzene rings is 3. The van der Waals surface area contributed by atoms with Gasteiger partial charge >= 0.3 is 5.97 Å². The van der Waals surface area contributed by atoms with Crippen LogP contribution in [0.15, 0.2) is 48.6 Å². The highest BCUT2D eigenvalue weighted by molar-refractivity contribution is 5.92. The number of carbonyl (C=O) groups is 2. The molecular formula is C35H41NO9. The van der Waals surface area contributed by atoms with Crippen LogP contribution in [-0.4, -0.2) is 61.1 Å². The van der Waals surface area contributed by atoms with Crippen molar-refractivity contribution in [1.29, 1.82) is 0 Å². The molecule has 0 aliphatic rings. The van der Waals surface area contributed by atoms with E-state index in [0.717, 1.165) is 22.3 Å². The largest absolute Gasteiger partial charge is 0.496 e. The van der Waals surface area contributed by atoms with Crippen LogP contribution in [0, 0.1) is 20.8 Å². The molecule has 0 heterocycles. The molecule has 3 rings (SSSR count). The van der Waals surface area contributed by atoms with E-state index in [9.17, 15) is 9.59 Å². The highest BCUT2D eigenvalue weighted by Gasteiger charge is 2.20. The van der Waals surface area contributed by atoms with Crippen molar-refractivity contribution in [2.24, 2.45) is 0 Å². The lowest BCUT2D eigenvalue weighted by atomic mass is 10.0. The number of amides is 1. The minimum absolute atomic E-state index is 0.0174. The van der Waals surface area contributed by atoms with Gasteiger partial charge in [-0.1, -0.05) is 6.07 Å². The molecule has 0 aliphatic carbocycles. The summed E-state index contributed by atoms with van der Waals surface area (Å²) in [5.74, 6) is 2.19. The fraction of sp³-hybridized carbons (Fsp3) is 0.314. The maximum Gasteiger partial charge on any atom is 0.331 e. The van der Waals surface area contributed by atoms with Gasteiger partial charge in [-0.25, -0.2) is 4.79 Å². The Balaban J connectivity index is 1.83. The third-order valence-electron chi connectivity index (χ3n) is 7.17. The van der Waals surface area contributed by atoms with Crippen LogP contribution in [0.4, 0.5) is 0 Å². The van der Waals surface area contributed by atoms with Gasteiger partial charge in [-0.05, 0) is 96.6 Å². The van der Waals surface area contributed by atoms with Gasteiger partial charge in [0.2, 0.25) is 11.7 Å². The Morgan fingerprint density at radius 3 is 1.73 bits per heavy atom. The number of nitrogens with one attached hydrogen (secondary N) is 1. The first-order chi connectivity index (χ1) is 21.6. The lowest BCUT2D eigenvalue weighted by Crippen LogP contribution is -2.29. The molecule has 45 heavy (non-hydrogen) atoms. The van der Waals surface area contributed by atoms with Crippen molar-refractivity contribution in [2.75, 3.05) is 49.2 Å². The number of hydrogen-bond donors (Lipinski definition) is 1. The van der Waals surface area contributed by atoms with E-state index < -0.39 is 12.1 Å². The number of esters is 1. The van der Waals surface area contributed by atoms with Crippen molar-refractivity contribution in [3.63, 3.8) is 0 Å². The molecule has 3 aromatic rings. The molecule has 0 unspecified atom stereocenters. The zero-order valence-corrected chi connectivity index (χ0v) is 27.2. The Labute approximate surface area is 264 Å². The van der Waals surface area contributed by atoms with E-state index in [1.54, 1.807) is 57.7 Å². The van der Waals surface area contributed by atoms with E-state index in [2.05, 4.69) is 5.32 Å². The summed E-state index contributed by atoms with van der Waals surface area (Å²) in [6.45, 7) is 5.80. The molecule has 0 spiro atoms. The van der Waals surface area contributed by atoms with Crippen LogP contribution in [0.3, 0.4) is 0 Å². The van der Waals surface area contributed by atoms with Crippen molar-refractivity contribution < 1.29 is 42.7 Å². The summed E-state index contributed by atoms with van der Waals surface area (Å²) in [4.78, 5) is 25.9. The van der Waals surface area contributed by atoms with Crippen molar-refractivity contribution in [1.82, 2.24) is 5.32 Å². The Kier molecular flexibility index (Phi) is 12.3. The van der Waals surface area contributed by atoms with Crippen LogP contribution in [0.25, 0.3) is 12.2 Å². The van der Waals surface area contributed by atoms with Crippen LogP contribution in [0.1, 0.15) is 39.5 Å². The topological polar surface area (TPSA) is 111 Å². The lowest BCUT2D eigenvalue weighted by Gasteiger charge is -2.20. The minimum Gasteiger partial charge on any atom is -0.496 e. The standard InChI is InChI=1S/C35H41NO9/c1-21-15-26(19-27(39-4)23(21)3)31(20-36-32(37)12-10-24-14-22(2)34(43-8)28(16-24)40-5)45-33(38)13-11-25-17-29(41-6)35(44-9)30(18-25)42-7/h10-19,31H,20H2,1-9H3,(H,36,37)/b12-10+,13-11+/t31-/m1/s1. The van der Waals surface area contributed by atoms with Crippen molar-refractivity contribution >= 4 is 24.0 Å². The lowest BCUT2D eigenvalue weighted by molar-refractivity contribution is -0.143. The van der Waals surface area contributed by atoms with E-state index in [4.69, 9.17) is 33.2 Å². The Bertz CT molecular complexity index is 1550. The molecule has 0 saturated heterocycles. The molecule has 3 aromatic carbocycles. The second kappa shape index (κ2) is 16.1. The molecule has 240 valence electrons. The first-order valence-electron chi connectivity index (χ1n) is 14.1. The van der Waals surface area contributed by atoms with Gasteiger partial charge in [-0.15, -0.1) is 0 Å². The highest BCUT2D eigenvalue weighted by atomic mass is 16.5. The SMILES string of the molecule is COc1cc([C@@H](CNC(=O)/C=C/c2cc(C)c(OC)c(OC)c2)OC(=O)/C=C/c2cc(OC)c(OC)c(OC)c2)cc(C)c1C. The maximum absolute atomic E-state index is 13.1. The van der Waals surface area contributed by atoms with Gasteiger partial charge in [0, 0.05) is 12.2 Å². The minimum atomic E-state index is -0.809. The van der Waals surface area contributed by atoms with Crippen LogP contribution in [0.2, 0.25) is 0 Å². The Morgan fingerprint density at radius 1 is 0.644 bits per heavy atom. The number of carbonyl (C=O) groups excluding carboxylic acids is 2. The molecule has 1 atom stereocenters. The first kappa shape index (κ1) is 34.4. The number of ether oxygens (including phenoxy) is 7. The molecule has 10 heteroatoms. The quantitative estimate of drug-likeness (QED) is 0.177. The molecule has 0 fully saturated rings. The number of rotatable bonds is 14. The predicted molar refractivity (Wildman–Crippen MR) is 173 cm³/mol. The van der Waals surface area contributed by atoms with Crippen LogP contribution < -0.4 is 33.7 Å². The van der Waals surface area contributed by atoms with Crippen molar-refractivity contribution in [3.8, 4) is 34.5 Å². The van der Waals surface area contributed by atoms with Crippen LogP contribution in [-0.2, 0) is 14.3 Å². The molecule has 1 N–H and O–H groups in total. The summed E-state index contributed by atoms with van der Waals surface area (Å²) >= 11 is 0. The van der Waals surface area contributed by atoms with Gasteiger partial charge in [0.1, 0.15) is 11.9 Å². The molecular weight excluding hydrogens is 578 g/mol. The van der Waals surface area contributed by atoms with Crippen LogP contribution in [0.5, 0.6) is 34.5 Å². The fourth-order valence-electron chi connectivity index (χ4n) is 4.72. The summed E-state index contributed by atoms with van der Waals surface area (Å²) in [5.41, 5.74) is 4.85. The Hall–Kier alpha value is -5.12. The molecule has 10 nitrogen and oxygen atoms in total. The highest BCUT2D eigenvalue weighted by Crippen LogP contribution is 2.38. The molecule has 0 bridgehead atoms. The van der Waals surface area contributed by atoms with Gasteiger partial charge in [-0.2, -0.15) is 0 Å². The zero-order chi connectivity index (χ0) is 33.1. The normalized spacial score (nSPS) is 11.7. The predicted octanol–water partition coefficient (Wildman–Crippen LogP) is 5.79. The van der Waals surface area contributed by atoms with Gasteiger partial charge in [0.15, 0.2) is 23.0 Å². The van der Waals surface area contributed by atoms with Gasteiger partial charge in [0.25, 0.3) is 0 Å². The average molecular weight is 620 g/mol. The van der Waals surface area contributed by atoms with E-state index in [-0.39, 0.29) is 12.5 Å². The summed E-state index contributed by atoms with van der Waals surface area (Å²) in [6, 6.07) is 10.8. The second-order valence-corrected chi connectivity index (χ2v) is 10.0. The van der Waals surface area contributed by atoms with E-state index in [1.165, 1.54) is 33.5 Å². The maximum atomic E-state index is 13.1. The molecule has 0 aromatic heterocycles. The fourth-order valence-corrected chi connectivity index (χ4v) is 4.72. The zero-order valence-electron chi connectivity index (χ0n) is 27.2. The summed E-state index contributed by atoms with van der Waals surface area (Å²) in [5, 5.41) is 2.84. The van der Waals surface area contributed by atoms with E-state index in [0.29, 0.717) is 45.6 Å². The summed E-state index contributed by atoms with van der Waals surface area (Å²) in [7, 11) is 9.25. The van der Waals surface area contributed by atoms with Gasteiger partial charge in [-0.3, -0.25) is 4.79 Å². The number of methoxy groups -OCH3 is 6. The van der Waals surface area contributed by atoms with Crippen molar-refractivity contribution in [2.45, 2.75) is 26.9 Å². The Morgan fingerprint density at radius 2 is 1.18 bits per heavy atom. The van der Waals surface area contributed by atoms with Crippen molar-refractivity contribution in [3.05, 3.63) is 81.9 Å². The second-order valence-electron chi connectivity index (χ2n) is 10.0. The first-order valence-corrected chi connectivity index (χ1v) is 14.1. The molecule has 1 amide bonds. The monoisotopic (exact) mass is 619 g/mol.